The van der Waals surface area contributed by atoms with Crippen molar-refractivity contribution in [1.29, 1.82) is 0 Å². The van der Waals surface area contributed by atoms with Crippen molar-refractivity contribution in [2.45, 2.75) is 24.1 Å². The minimum atomic E-state index is -0.109. The molecule has 0 aliphatic carbocycles. The van der Waals surface area contributed by atoms with Crippen molar-refractivity contribution in [2.75, 3.05) is 0 Å². The zero-order valence-electron chi connectivity index (χ0n) is 14.7. The predicted octanol–water partition coefficient (Wildman–Crippen LogP) is 4.55. The average molecular weight is 395 g/mol. The van der Waals surface area contributed by atoms with Gasteiger partial charge >= 0.3 is 0 Å². The van der Waals surface area contributed by atoms with Gasteiger partial charge in [0.1, 0.15) is 5.82 Å². The number of carbonyl (C=O) groups is 1. The monoisotopic (exact) mass is 394 g/mol. The van der Waals surface area contributed by atoms with Crippen LogP contribution in [0.1, 0.15) is 26.9 Å². The standard InChI is InChI=1S/C20H18N4OS2/c1-13-22-15(11-26-13)12-27-16-8-6-14(7-9-16)20(25)21-10-19-23-17-4-2-3-5-18(17)24-19/h2-9,11H,10,12H2,1H3,(H,21,25)(H,23,24). The summed E-state index contributed by atoms with van der Waals surface area (Å²) < 4.78 is 0. The molecule has 2 heterocycles. The molecule has 136 valence electrons. The van der Waals surface area contributed by atoms with E-state index < -0.39 is 0 Å². The maximum absolute atomic E-state index is 12.4. The van der Waals surface area contributed by atoms with E-state index in [9.17, 15) is 4.79 Å². The summed E-state index contributed by atoms with van der Waals surface area (Å²) in [5, 5.41) is 6.08. The first-order valence-corrected chi connectivity index (χ1v) is 10.4. The van der Waals surface area contributed by atoms with E-state index in [-0.39, 0.29) is 5.91 Å². The molecule has 27 heavy (non-hydrogen) atoms. The molecule has 1 amide bonds. The smallest absolute Gasteiger partial charge is 0.251 e. The van der Waals surface area contributed by atoms with Crippen LogP contribution < -0.4 is 5.32 Å². The number of thioether (sulfide) groups is 1. The lowest BCUT2D eigenvalue weighted by molar-refractivity contribution is 0.0950. The normalized spacial score (nSPS) is 11.0. The predicted molar refractivity (Wildman–Crippen MR) is 110 cm³/mol. The number of carbonyl (C=O) groups excluding carboxylic acids is 1. The van der Waals surface area contributed by atoms with Gasteiger partial charge in [-0.2, -0.15) is 0 Å². The fourth-order valence-corrected chi connectivity index (χ4v) is 4.20. The quantitative estimate of drug-likeness (QED) is 0.471. The van der Waals surface area contributed by atoms with Gasteiger partial charge in [0.05, 0.1) is 28.3 Å². The number of hydrogen-bond donors (Lipinski definition) is 2. The molecule has 0 unspecified atom stereocenters. The lowest BCUT2D eigenvalue weighted by atomic mass is 10.2. The Balaban J connectivity index is 1.33. The van der Waals surface area contributed by atoms with Crippen molar-refractivity contribution < 1.29 is 4.79 Å². The number of para-hydroxylation sites is 2. The highest BCUT2D eigenvalue weighted by Crippen LogP contribution is 2.23. The summed E-state index contributed by atoms with van der Waals surface area (Å²) in [6, 6.07) is 15.5. The highest BCUT2D eigenvalue weighted by atomic mass is 32.2. The van der Waals surface area contributed by atoms with E-state index >= 15 is 0 Å². The minimum Gasteiger partial charge on any atom is -0.345 e. The van der Waals surface area contributed by atoms with Gasteiger partial charge in [0.2, 0.25) is 0 Å². The maximum Gasteiger partial charge on any atom is 0.251 e. The molecule has 0 aliphatic rings. The molecule has 0 fully saturated rings. The number of H-pyrrole nitrogens is 1. The van der Waals surface area contributed by atoms with Crippen LogP contribution in [0, 0.1) is 6.92 Å². The van der Waals surface area contributed by atoms with E-state index in [1.807, 2.05) is 55.5 Å². The first-order valence-electron chi connectivity index (χ1n) is 8.53. The van der Waals surface area contributed by atoms with Crippen molar-refractivity contribution in [3.8, 4) is 0 Å². The van der Waals surface area contributed by atoms with E-state index in [2.05, 4.69) is 25.6 Å². The molecular weight excluding hydrogens is 376 g/mol. The maximum atomic E-state index is 12.4. The summed E-state index contributed by atoms with van der Waals surface area (Å²) in [7, 11) is 0. The summed E-state index contributed by atoms with van der Waals surface area (Å²) in [6.45, 7) is 2.38. The van der Waals surface area contributed by atoms with Crippen molar-refractivity contribution in [2.24, 2.45) is 0 Å². The molecule has 0 spiro atoms. The van der Waals surface area contributed by atoms with Gasteiger partial charge in [-0.1, -0.05) is 12.1 Å². The van der Waals surface area contributed by atoms with E-state index in [0.29, 0.717) is 12.1 Å². The van der Waals surface area contributed by atoms with Gasteiger partial charge in [-0.3, -0.25) is 4.79 Å². The van der Waals surface area contributed by atoms with Crippen LogP contribution in [0.25, 0.3) is 11.0 Å². The van der Waals surface area contributed by atoms with Crippen LogP contribution >= 0.6 is 23.1 Å². The highest BCUT2D eigenvalue weighted by molar-refractivity contribution is 7.98. The number of rotatable bonds is 6. The van der Waals surface area contributed by atoms with E-state index in [1.54, 1.807) is 23.1 Å². The topological polar surface area (TPSA) is 70.7 Å². The van der Waals surface area contributed by atoms with Gasteiger partial charge in [0.15, 0.2) is 0 Å². The number of imidazole rings is 1. The second-order valence-corrected chi connectivity index (χ2v) is 8.17. The van der Waals surface area contributed by atoms with Gasteiger partial charge in [0, 0.05) is 21.6 Å². The molecule has 2 N–H and O–H groups in total. The second-order valence-electron chi connectivity index (χ2n) is 6.05. The Morgan fingerprint density at radius 3 is 2.70 bits per heavy atom. The SMILES string of the molecule is Cc1nc(CSc2ccc(C(=O)NCc3nc4ccccc4[nH]3)cc2)cs1. The molecular formula is C20H18N4OS2. The van der Waals surface area contributed by atoms with E-state index in [4.69, 9.17) is 0 Å². The molecule has 4 rings (SSSR count). The number of hydrogen-bond acceptors (Lipinski definition) is 5. The molecule has 4 aromatic rings. The molecule has 0 bridgehead atoms. The molecule has 2 aromatic carbocycles. The number of nitrogens with one attached hydrogen (secondary N) is 2. The largest absolute Gasteiger partial charge is 0.345 e. The molecule has 0 radical (unpaired) electrons. The molecule has 0 atom stereocenters. The Bertz CT molecular complexity index is 1040. The number of fused-ring (bicyclic) bond motifs is 1. The van der Waals surface area contributed by atoms with Gasteiger partial charge < -0.3 is 10.3 Å². The first kappa shape index (κ1) is 17.8. The lowest BCUT2D eigenvalue weighted by Gasteiger charge is -2.05. The summed E-state index contributed by atoms with van der Waals surface area (Å²) in [4.78, 5) is 25.6. The summed E-state index contributed by atoms with van der Waals surface area (Å²) in [5.41, 5.74) is 3.60. The number of aryl methyl sites for hydroxylation is 1. The second kappa shape index (κ2) is 7.94. The van der Waals surface area contributed by atoms with Crippen LogP contribution in [0.15, 0.2) is 58.8 Å². The number of amides is 1. The first-order chi connectivity index (χ1) is 13.2. The molecule has 0 aliphatic heterocycles. The number of thiazole rings is 1. The zero-order valence-corrected chi connectivity index (χ0v) is 16.4. The molecule has 7 heteroatoms. The fraction of sp³-hybridized carbons (Fsp3) is 0.150. The van der Waals surface area contributed by atoms with Crippen molar-refractivity contribution >= 4 is 40.0 Å². The molecule has 0 saturated carbocycles. The van der Waals surface area contributed by atoms with Crippen LogP contribution in [0.2, 0.25) is 0 Å². The zero-order chi connectivity index (χ0) is 18.6. The Labute approximate surface area is 165 Å². The highest BCUT2D eigenvalue weighted by Gasteiger charge is 2.08. The number of nitrogens with zero attached hydrogens (tertiary/aromatic N) is 2. The average Bonchev–Trinajstić information content (AvgIpc) is 3.30. The van der Waals surface area contributed by atoms with Gasteiger partial charge in [0.25, 0.3) is 5.91 Å². The number of aromatic nitrogens is 3. The Morgan fingerprint density at radius 2 is 1.96 bits per heavy atom. The number of aromatic amines is 1. The third-order valence-electron chi connectivity index (χ3n) is 4.02. The summed E-state index contributed by atoms with van der Waals surface area (Å²) in [6.07, 6.45) is 0. The van der Waals surface area contributed by atoms with E-state index in [1.165, 1.54) is 0 Å². The van der Waals surface area contributed by atoms with Gasteiger partial charge in [-0.15, -0.1) is 23.1 Å². The Hall–Kier alpha value is -2.64. The summed E-state index contributed by atoms with van der Waals surface area (Å²) >= 11 is 3.38. The van der Waals surface area contributed by atoms with Crippen LogP contribution in [-0.4, -0.2) is 20.9 Å². The van der Waals surface area contributed by atoms with Crippen molar-refractivity contribution in [3.63, 3.8) is 0 Å². The minimum absolute atomic E-state index is 0.109. The lowest BCUT2D eigenvalue weighted by Crippen LogP contribution is -2.23. The Kier molecular flexibility index (Phi) is 5.22. The van der Waals surface area contributed by atoms with Gasteiger partial charge in [-0.05, 0) is 43.3 Å². The third kappa shape index (κ3) is 4.37. The van der Waals surface area contributed by atoms with Gasteiger partial charge in [-0.25, -0.2) is 9.97 Å². The van der Waals surface area contributed by atoms with Crippen LogP contribution in [0.4, 0.5) is 0 Å². The third-order valence-corrected chi connectivity index (χ3v) is 5.89. The van der Waals surface area contributed by atoms with Crippen LogP contribution in [-0.2, 0) is 12.3 Å². The Morgan fingerprint density at radius 1 is 1.15 bits per heavy atom. The fourth-order valence-electron chi connectivity index (χ4n) is 2.69. The summed E-state index contributed by atoms with van der Waals surface area (Å²) in [5.74, 6) is 1.47. The molecule has 2 aromatic heterocycles. The molecule has 0 saturated heterocycles. The number of benzene rings is 2. The van der Waals surface area contributed by atoms with Crippen molar-refractivity contribution in [3.05, 3.63) is 76.0 Å². The van der Waals surface area contributed by atoms with Crippen LogP contribution in [0.3, 0.4) is 0 Å². The molecule has 5 nitrogen and oxygen atoms in total. The van der Waals surface area contributed by atoms with Crippen molar-refractivity contribution in [1.82, 2.24) is 20.3 Å². The van der Waals surface area contributed by atoms with Crippen LogP contribution in [0.5, 0.6) is 0 Å². The van der Waals surface area contributed by atoms with E-state index in [0.717, 1.165) is 38.2 Å².